The average molecular weight is 477 g/mol. The van der Waals surface area contributed by atoms with Crippen LogP contribution in [0.25, 0.3) is 0 Å². The number of piperidine rings is 1. The number of benzene rings is 2. The van der Waals surface area contributed by atoms with Crippen molar-refractivity contribution in [2.75, 3.05) is 41.3 Å². The Kier molecular flexibility index (Phi) is 7.43. The minimum atomic E-state index is -0.265. The molecule has 0 unspecified atom stereocenters. The van der Waals surface area contributed by atoms with E-state index in [0.29, 0.717) is 35.9 Å². The van der Waals surface area contributed by atoms with Crippen molar-refractivity contribution in [3.63, 3.8) is 0 Å². The summed E-state index contributed by atoms with van der Waals surface area (Å²) in [5.74, 6) is 0.0100. The lowest BCUT2D eigenvalue weighted by molar-refractivity contribution is -0.123. The first-order valence-corrected chi connectivity index (χ1v) is 12.7. The number of carbonyl (C=O) groups excluding carboxylic acids is 3. The van der Waals surface area contributed by atoms with Crippen LogP contribution in [-0.2, 0) is 9.59 Å². The van der Waals surface area contributed by atoms with Gasteiger partial charge in [-0.1, -0.05) is 26.0 Å². The van der Waals surface area contributed by atoms with E-state index in [-0.39, 0.29) is 30.3 Å². The van der Waals surface area contributed by atoms with Gasteiger partial charge in [0.2, 0.25) is 11.8 Å². The van der Waals surface area contributed by atoms with Crippen LogP contribution in [0.1, 0.15) is 68.8 Å². The molecule has 2 aromatic carbocycles. The Bertz CT molecular complexity index is 1090. The molecular weight excluding hydrogens is 440 g/mol. The van der Waals surface area contributed by atoms with Crippen molar-refractivity contribution >= 4 is 34.8 Å². The van der Waals surface area contributed by atoms with E-state index in [0.717, 1.165) is 31.5 Å². The van der Waals surface area contributed by atoms with Gasteiger partial charge in [0.1, 0.15) is 12.6 Å². The zero-order chi connectivity index (χ0) is 25.1. The molecule has 1 atom stereocenters. The van der Waals surface area contributed by atoms with E-state index >= 15 is 0 Å². The van der Waals surface area contributed by atoms with Crippen LogP contribution in [0.15, 0.2) is 42.5 Å². The largest absolute Gasteiger partial charge is 0.358 e. The fourth-order valence-electron chi connectivity index (χ4n) is 5.04. The van der Waals surface area contributed by atoms with Crippen LogP contribution >= 0.6 is 0 Å². The van der Waals surface area contributed by atoms with E-state index in [1.807, 2.05) is 50.2 Å². The highest BCUT2D eigenvalue weighted by molar-refractivity contribution is 6.11. The van der Waals surface area contributed by atoms with Gasteiger partial charge in [-0.3, -0.25) is 19.3 Å². The summed E-state index contributed by atoms with van der Waals surface area (Å²) in [5, 5.41) is 2.93. The molecule has 2 aromatic rings. The second-order valence-electron chi connectivity index (χ2n) is 9.64. The summed E-state index contributed by atoms with van der Waals surface area (Å²) < 4.78 is 0. The number of nitrogens with one attached hydrogen (secondary N) is 1. The van der Waals surface area contributed by atoms with Crippen molar-refractivity contribution in [3.05, 3.63) is 53.6 Å². The molecule has 0 aromatic heterocycles. The Morgan fingerprint density at radius 3 is 2.40 bits per heavy atom. The number of hydrogen-bond donors (Lipinski definition) is 1. The van der Waals surface area contributed by atoms with Crippen molar-refractivity contribution in [2.45, 2.75) is 58.9 Å². The molecule has 2 heterocycles. The smallest absolute Gasteiger partial charge is 0.253 e. The van der Waals surface area contributed by atoms with E-state index in [1.165, 1.54) is 5.56 Å². The fraction of sp³-hybridized carbons (Fsp3) is 0.464. The lowest BCUT2D eigenvalue weighted by Gasteiger charge is -2.45. The van der Waals surface area contributed by atoms with Crippen LogP contribution in [0.3, 0.4) is 0 Å². The van der Waals surface area contributed by atoms with Crippen molar-refractivity contribution in [3.8, 4) is 0 Å². The molecular formula is C28H36N4O3. The molecule has 0 spiro atoms. The summed E-state index contributed by atoms with van der Waals surface area (Å²) >= 11 is 0. The van der Waals surface area contributed by atoms with E-state index < -0.39 is 0 Å². The van der Waals surface area contributed by atoms with E-state index in [2.05, 4.69) is 24.1 Å². The second kappa shape index (κ2) is 10.5. The number of amides is 3. The Morgan fingerprint density at radius 2 is 1.74 bits per heavy atom. The summed E-state index contributed by atoms with van der Waals surface area (Å²) in [6.45, 7) is 10.1. The third-order valence-electron chi connectivity index (χ3n) is 7.09. The highest BCUT2D eigenvalue weighted by Gasteiger charge is 2.40. The summed E-state index contributed by atoms with van der Waals surface area (Å²) in [5.41, 5.74) is 3.99. The minimum absolute atomic E-state index is 0.0688. The predicted molar refractivity (Wildman–Crippen MR) is 140 cm³/mol. The zero-order valence-corrected chi connectivity index (χ0v) is 21.2. The van der Waals surface area contributed by atoms with Gasteiger partial charge >= 0.3 is 0 Å². The number of fused-ring (bicyclic) bond motifs is 3. The van der Waals surface area contributed by atoms with E-state index in [4.69, 9.17) is 0 Å². The van der Waals surface area contributed by atoms with Crippen molar-refractivity contribution < 1.29 is 14.4 Å². The average Bonchev–Trinajstić information content (AvgIpc) is 2.87. The van der Waals surface area contributed by atoms with Crippen LogP contribution in [0.5, 0.6) is 0 Å². The molecule has 7 heteroatoms. The number of hydrogen-bond acceptors (Lipinski definition) is 4. The molecule has 3 amide bonds. The Hall–Kier alpha value is -3.35. The molecule has 0 saturated carbocycles. The molecule has 1 fully saturated rings. The lowest BCUT2D eigenvalue weighted by atomic mass is 9.95. The Labute approximate surface area is 208 Å². The molecule has 1 saturated heterocycles. The first-order chi connectivity index (χ1) is 16.8. The molecule has 2 aliphatic rings. The molecule has 35 heavy (non-hydrogen) atoms. The van der Waals surface area contributed by atoms with Crippen molar-refractivity contribution in [1.29, 1.82) is 0 Å². The van der Waals surface area contributed by atoms with Gasteiger partial charge in [-0.25, -0.2) is 0 Å². The summed E-state index contributed by atoms with van der Waals surface area (Å²) in [6, 6.07) is 13.1. The Balaban J connectivity index is 1.62. The van der Waals surface area contributed by atoms with Gasteiger partial charge < -0.3 is 15.1 Å². The van der Waals surface area contributed by atoms with Crippen molar-refractivity contribution in [1.82, 2.24) is 4.90 Å². The maximum Gasteiger partial charge on any atom is 0.253 e. The summed E-state index contributed by atoms with van der Waals surface area (Å²) in [4.78, 5) is 45.1. The SMILES string of the molecule is CCN(CC)C(=O)c1ccc2c(c1)N(CC(=O)Nc1ccc(C(C)C)cc1)C(=O)[C@@H]1CCCCN21. The van der Waals surface area contributed by atoms with Gasteiger partial charge in [0.05, 0.1) is 11.4 Å². The second-order valence-corrected chi connectivity index (χ2v) is 9.64. The third-order valence-corrected chi connectivity index (χ3v) is 7.09. The number of rotatable bonds is 7. The lowest BCUT2D eigenvalue weighted by Crippen LogP contribution is -2.56. The molecule has 186 valence electrons. The molecule has 0 radical (unpaired) electrons. The molecule has 7 nitrogen and oxygen atoms in total. The standard InChI is InChI=1S/C28H36N4O3/c1-5-30(6-2)27(34)21-12-15-23-25(17-21)32(28(35)24-9-7-8-16-31(23)24)18-26(33)29-22-13-10-20(11-14-22)19(3)4/h10-15,17,19,24H,5-9,16,18H2,1-4H3,(H,29,33)/t24-/m0/s1. The zero-order valence-electron chi connectivity index (χ0n) is 21.2. The number of nitrogens with zero attached hydrogens (tertiary/aromatic N) is 3. The van der Waals surface area contributed by atoms with Gasteiger partial charge in [0.15, 0.2) is 0 Å². The molecule has 4 rings (SSSR count). The predicted octanol–water partition coefficient (Wildman–Crippen LogP) is 4.64. The van der Waals surface area contributed by atoms with Gasteiger partial charge in [-0.2, -0.15) is 0 Å². The van der Waals surface area contributed by atoms with Crippen LogP contribution in [0, 0.1) is 0 Å². The normalized spacial score (nSPS) is 17.2. The fourth-order valence-corrected chi connectivity index (χ4v) is 5.04. The van der Waals surface area contributed by atoms with E-state index in [1.54, 1.807) is 15.9 Å². The topological polar surface area (TPSA) is 73.0 Å². The molecule has 2 aliphatic heterocycles. The molecule has 0 aliphatic carbocycles. The van der Waals surface area contributed by atoms with Gasteiger partial charge in [0, 0.05) is 30.9 Å². The summed E-state index contributed by atoms with van der Waals surface area (Å²) in [6.07, 6.45) is 2.78. The van der Waals surface area contributed by atoms with E-state index in [9.17, 15) is 14.4 Å². The maximum absolute atomic E-state index is 13.6. The monoisotopic (exact) mass is 476 g/mol. The third kappa shape index (κ3) is 5.04. The summed E-state index contributed by atoms with van der Waals surface area (Å²) in [7, 11) is 0. The van der Waals surface area contributed by atoms with Crippen LogP contribution in [0.4, 0.5) is 17.1 Å². The van der Waals surface area contributed by atoms with Crippen LogP contribution in [-0.4, -0.2) is 54.8 Å². The Morgan fingerprint density at radius 1 is 1.03 bits per heavy atom. The van der Waals surface area contributed by atoms with Crippen molar-refractivity contribution in [2.24, 2.45) is 0 Å². The highest BCUT2D eigenvalue weighted by Crippen LogP contribution is 2.40. The van der Waals surface area contributed by atoms with Gasteiger partial charge in [-0.15, -0.1) is 0 Å². The molecule has 0 bridgehead atoms. The van der Waals surface area contributed by atoms with Crippen LogP contribution < -0.4 is 15.1 Å². The van der Waals surface area contributed by atoms with Crippen LogP contribution in [0.2, 0.25) is 0 Å². The maximum atomic E-state index is 13.6. The molecule has 1 N–H and O–H groups in total. The first-order valence-electron chi connectivity index (χ1n) is 12.7. The quantitative estimate of drug-likeness (QED) is 0.632. The number of carbonyl (C=O) groups is 3. The first kappa shape index (κ1) is 24.8. The van der Waals surface area contributed by atoms with Gasteiger partial charge in [0.25, 0.3) is 5.91 Å². The number of anilines is 3. The minimum Gasteiger partial charge on any atom is -0.358 e. The highest BCUT2D eigenvalue weighted by atomic mass is 16.2. The van der Waals surface area contributed by atoms with Gasteiger partial charge in [-0.05, 0) is 74.9 Å².